The second kappa shape index (κ2) is 9.14. The molecular weight excluding hydrogens is 468 g/mol. The summed E-state index contributed by atoms with van der Waals surface area (Å²) < 4.78 is 29.9. The molecule has 0 spiro atoms. The molecule has 0 bridgehead atoms. The smallest absolute Gasteiger partial charge is 0.268 e. The van der Waals surface area contributed by atoms with Crippen molar-refractivity contribution in [3.8, 4) is 0 Å². The first-order valence-electron chi connectivity index (χ1n) is 9.76. The molecule has 2 aromatic rings. The molecule has 0 radical (unpaired) electrons. The zero-order valence-electron chi connectivity index (χ0n) is 16.8. The maximum absolute atomic E-state index is 13.4. The molecule has 0 aliphatic heterocycles. The summed E-state index contributed by atoms with van der Waals surface area (Å²) in [7, 11) is -4.30. The van der Waals surface area contributed by atoms with Crippen molar-refractivity contribution >= 4 is 43.2 Å². The summed E-state index contributed by atoms with van der Waals surface area (Å²) in [4.78, 5) is 27.9. The number of halogens is 1. The van der Waals surface area contributed by atoms with Crippen LogP contribution in [0.1, 0.15) is 47.4 Å². The van der Waals surface area contributed by atoms with Crippen LogP contribution in [0, 0.1) is 0 Å². The Morgan fingerprint density at radius 2 is 1.40 bits per heavy atom. The first-order chi connectivity index (χ1) is 14.3. The lowest BCUT2D eigenvalue weighted by atomic mass is 9.91. The molecule has 0 amide bonds. The number of carbonyl (C=O) groups excluding carboxylic acids is 2. The Kier molecular flexibility index (Phi) is 6.77. The molecule has 6 nitrogen and oxygen atoms in total. The van der Waals surface area contributed by atoms with Gasteiger partial charge in [-0.25, -0.2) is 8.42 Å². The van der Waals surface area contributed by atoms with Crippen LogP contribution in [0.4, 0.5) is 5.69 Å². The fourth-order valence-electron chi connectivity index (χ4n) is 3.48. The number of carbonyl (C=O) groups is 2. The van der Waals surface area contributed by atoms with Gasteiger partial charge in [-0.2, -0.15) is 0 Å². The summed E-state index contributed by atoms with van der Waals surface area (Å²) in [6.07, 6.45) is 1.42. The van der Waals surface area contributed by atoms with Gasteiger partial charge < -0.3 is 4.90 Å². The normalized spacial score (nSPS) is 14.0. The van der Waals surface area contributed by atoms with Gasteiger partial charge in [-0.15, -0.1) is 0 Å². The summed E-state index contributed by atoms with van der Waals surface area (Å²) in [5, 5.41) is 0. The Bertz CT molecular complexity index is 1100. The van der Waals surface area contributed by atoms with E-state index < -0.39 is 26.5 Å². The lowest BCUT2D eigenvalue weighted by Crippen LogP contribution is -2.38. The van der Waals surface area contributed by atoms with Gasteiger partial charge in [0.25, 0.3) is 10.0 Å². The molecule has 158 valence electrons. The van der Waals surface area contributed by atoms with E-state index in [1.54, 1.807) is 47.4 Å². The van der Waals surface area contributed by atoms with Gasteiger partial charge in [0.2, 0.25) is 11.6 Å². The van der Waals surface area contributed by atoms with Crippen molar-refractivity contribution in [3.05, 3.63) is 74.7 Å². The number of benzene rings is 2. The molecule has 0 aromatic heterocycles. The van der Waals surface area contributed by atoms with Crippen molar-refractivity contribution < 1.29 is 18.0 Å². The fraction of sp³-hybridized carbons (Fsp3) is 0.273. The molecule has 2 aromatic carbocycles. The molecule has 0 saturated carbocycles. The number of hydrogen-bond donors (Lipinski definition) is 1. The average molecular weight is 491 g/mol. The lowest BCUT2D eigenvalue weighted by Gasteiger charge is -2.31. The molecule has 0 unspecified atom stereocenters. The number of fused-ring (bicyclic) bond motifs is 1. The monoisotopic (exact) mass is 490 g/mol. The zero-order chi connectivity index (χ0) is 21.9. The van der Waals surface area contributed by atoms with E-state index >= 15 is 0 Å². The zero-order valence-corrected chi connectivity index (χ0v) is 19.2. The predicted molar refractivity (Wildman–Crippen MR) is 121 cm³/mol. The van der Waals surface area contributed by atoms with Crippen LogP contribution in [0.5, 0.6) is 0 Å². The van der Waals surface area contributed by atoms with Crippen LogP contribution in [0.3, 0.4) is 0 Å². The van der Waals surface area contributed by atoms with Crippen LogP contribution >= 0.6 is 15.9 Å². The Morgan fingerprint density at radius 1 is 0.867 bits per heavy atom. The van der Waals surface area contributed by atoms with E-state index in [-0.39, 0.29) is 16.8 Å². The summed E-state index contributed by atoms with van der Waals surface area (Å²) in [5.74, 6) is -1.11. The number of nitrogens with one attached hydrogen (secondary N) is 1. The largest absolute Gasteiger partial charge is 0.367 e. The molecule has 1 N–H and O–H groups in total. The van der Waals surface area contributed by atoms with Crippen LogP contribution in [0.25, 0.3) is 0 Å². The summed E-state index contributed by atoms with van der Waals surface area (Å²) >= 11 is 3.31. The molecule has 1 aliphatic rings. The van der Waals surface area contributed by atoms with Gasteiger partial charge in [0.15, 0.2) is 4.91 Å². The van der Waals surface area contributed by atoms with E-state index in [4.69, 9.17) is 0 Å². The maximum atomic E-state index is 13.4. The number of Topliss-reactive ketones (excluding diaryl/α,β-unsaturated/α-hetero) is 2. The van der Waals surface area contributed by atoms with Gasteiger partial charge in [0, 0.05) is 34.4 Å². The number of hydrogen-bond acceptors (Lipinski definition) is 5. The third-order valence-electron chi connectivity index (χ3n) is 4.72. The second-order valence-corrected chi connectivity index (χ2v) is 9.52. The number of nitrogens with zero attached hydrogens (tertiary/aromatic N) is 1. The van der Waals surface area contributed by atoms with Gasteiger partial charge in [-0.1, -0.05) is 54.0 Å². The number of ketones is 2. The first-order valence-corrected chi connectivity index (χ1v) is 12.0. The SMILES string of the molecule is CCCN(CCC)C1=C(S(=O)(=O)Nc2ccc(Br)cc2)C(=O)c2ccccc2C1=O. The van der Waals surface area contributed by atoms with Crippen molar-refractivity contribution in [2.45, 2.75) is 26.7 Å². The highest BCUT2D eigenvalue weighted by atomic mass is 79.9. The van der Waals surface area contributed by atoms with Crippen LogP contribution in [0.2, 0.25) is 0 Å². The third kappa shape index (κ3) is 4.34. The minimum Gasteiger partial charge on any atom is -0.367 e. The van der Waals surface area contributed by atoms with Gasteiger partial charge in [0.1, 0.15) is 5.70 Å². The van der Waals surface area contributed by atoms with Crippen LogP contribution < -0.4 is 4.72 Å². The van der Waals surface area contributed by atoms with Crippen molar-refractivity contribution in [1.29, 1.82) is 0 Å². The molecule has 3 rings (SSSR count). The van der Waals surface area contributed by atoms with E-state index in [1.807, 2.05) is 13.8 Å². The van der Waals surface area contributed by atoms with E-state index in [0.29, 0.717) is 31.6 Å². The van der Waals surface area contributed by atoms with Gasteiger partial charge in [0.05, 0.1) is 0 Å². The maximum Gasteiger partial charge on any atom is 0.268 e. The Hall–Kier alpha value is -2.45. The molecule has 0 atom stereocenters. The van der Waals surface area contributed by atoms with Crippen LogP contribution in [-0.4, -0.2) is 38.0 Å². The minimum atomic E-state index is -4.30. The molecule has 0 saturated heterocycles. The second-order valence-electron chi connectivity index (χ2n) is 6.98. The summed E-state index contributed by atoms with van der Waals surface area (Å²) in [5.41, 5.74) is 0.598. The van der Waals surface area contributed by atoms with Gasteiger partial charge >= 0.3 is 0 Å². The van der Waals surface area contributed by atoms with Crippen molar-refractivity contribution in [1.82, 2.24) is 4.90 Å². The molecule has 0 fully saturated rings. The highest BCUT2D eigenvalue weighted by Gasteiger charge is 2.41. The minimum absolute atomic E-state index is 0.0491. The highest BCUT2D eigenvalue weighted by Crippen LogP contribution is 2.32. The fourth-order valence-corrected chi connectivity index (χ4v) is 5.12. The van der Waals surface area contributed by atoms with Crippen molar-refractivity contribution in [2.75, 3.05) is 17.8 Å². The average Bonchev–Trinajstić information content (AvgIpc) is 2.72. The van der Waals surface area contributed by atoms with Crippen molar-refractivity contribution in [3.63, 3.8) is 0 Å². The number of rotatable bonds is 8. The molecular formula is C22H23BrN2O4S. The summed E-state index contributed by atoms with van der Waals surface area (Å²) in [6, 6.07) is 12.9. The van der Waals surface area contributed by atoms with Gasteiger partial charge in [-0.05, 0) is 37.1 Å². The van der Waals surface area contributed by atoms with E-state index in [2.05, 4.69) is 20.7 Å². The van der Waals surface area contributed by atoms with Crippen LogP contribution in [-0.2, 0) is 10.0 Å². The number of anilines is 1. The molecule has 1 aliphatic carbocycles. The molecule has 0 heterocycles. The molecule has 30 heavy (non-hydrogen) atoms. The third-order valence-corrected chi connectivity index (χ3v) is 6.67. The Labute approximate surface area is 185 Å². The van der Waals surface area contributed by atoms with E-state index in [1.165, 1.54) is 6.07 Å². The van der Waals surface area contributed by atoms with Crippen LogP contribution in [0.15, 0.2) is 63.6 Å². The highest BCUT2D eigenvalue weighted by molar-refractivity contribution is 9.10. The summed E-state index contributed by atoms with van der Waals surface area (Å²) in [6.45, 7) is 4.84. The number of allylic oxidation sites excluding steroid dienone is 2. The predicted octanol–water partition coefficient (Wildman–Crippen LogP) is 4.60. The Balaban J connectivity index is 2.20. The first kappa shape index (κ1) is 22.2. The van der Waals surface area contributed by atoms with E-state index in [9.17, 15) is 18.0 Å². The standard InChI is InChI=1S/C22H23BrN2O4S/c1-3-13-25(14-4-2)19-20(26)17-7-5-6-8-18(17)21(27)22(19)30(28,29)24-16-11-9-15(23)10-12-16/h5-12,24H,3-4,13-14H2,1-2H3. The molecule has 8 heteroatoms. The van der Waals surface area contributed by atoms with E-state index in [0.717, 1.165) is 4.47 Å². The van der Waals surface area contributed by atoms with Crippen molar-refractivity contribution in [2.24, 2.45) is 0 Å². The topological polar surface area (TPSA) is 83.6 Å². The Morgan fingerprint density at radius 3 is 1.93 bits per heavy atom. The number of sulfonamides is 1. The lowest BCUT2D eigenvalue weighted by molar-refractivity contribution is 0.0946. The quantitative estimate of drug-likeness (QED) is 0.584. The van der Waals surface area contributed by atoms with Gasteiger partial charge in [-0.3, -0.25) is 14.3 Å².